The highest BCUT2D eigenvalue weighted by molar-refractivity contribution is 6.30. The number of aryl methyl sites for hydroxylation is 1. The molecule has 1 saturated heterocycles. The zero-order valence-corrected chi connectivity index (χ0v) is 17.3. The van der Waals surface area contributed by atoms with Crippen LogP contribution < -0.4 is 10.1 Å². The van der Waals surface area contributed by atoms with Gasteiger partial charge in [-0.25, -0.2) is 4.79 Å². The van der Waals surface area contributed by atoms with Gasteiger partial charge in [-0.3, -0.25) is 14.5 Å². The van der Waals surface area contributed by atoms with Crippen LogP contribution in [0.2, 0.25) is 5.02 Å². The van der Waals surface area contributed by atoms with Crippen LogP contribution >= 0.6 is 11.6 Å². The van der Waals surface area contributed by atoms with E-state index >= 15 is 0 Å². The standard InChI is InChI=1S/C22H22ClN3O4/c1-25(12-13-30-17-8-6-16(23)7-9-17)19(27)14-26-20(28)22(24-21(26)29)11-10-15-4-2-3-5-18(15)22/h2-9H,10-14H2,1H3,(H,24,29). The number of carbonyl (C=O) groups excluding carboxylic acids is 3. The van der Waals surface area contributed by atoms with Gasteiger partial charge in [0, 0.05) is 12.1 Å². The van der Waals surface area contributed by atoms with Crippen LogP contribution in [0.15, 0.2) is 48.5 Å². The van der Waals surface area contributed by atoms with Gasteiger partial charge in [-0.15, -0.1) is 0 Å². The second kappa shape index (κ2) is 7.99. The Morgan fingerprint density at radius 2 is 1.93 bits per heavy atom. The van der Waals surface area contributed by atoms with Crippen LogP contribution in [0.4, 0.5) is 4.79 Å². The van der Waals surface area contributed by atoms with Gasteiger partial charge < -0.3 is 15.0 Å². The van der Waals surface area contributed by atoms with Crippen LogP contribution in [0.5, 0.6) is 5.75 Å². The number of hydrogen-bond donors (Lipinski definition) is 1. The number of carbonyl (C=O) groups is 3. The average molecular weight is 428 g/mol. The number of fused-ring (bicyclic) bond motifs is 2. The maximum Gasteiger partial charge on any atom is 0.325 e. The molecule has 1 fully saturated rings. The third kappa shape index (κ3) is 3.61. The van der Waals surface area contributed by atoms with E-state index in [1.807, 2.05) is 24.3 Å². The van der Waals surface area contributed by atoms with Crippen LogP contribution in [0, 0.1) is 0 Å². The fraction of sp³-hybridized carbons (Fsp3) is 0.318. The largest absolute Gasteiger partial charge is 0.492 e. The molecular formula is C22H22ClN3O4. The molecule has 7 nitrogen and oxygen atoms in total. The van der Waals surface area contributed by atoms with E-state index in [2.05, 4.69) is 5.32 Å². The number of nitrogens with one attached hydrogen (secondary N) is 1. The lowest BCUT2D eigenvalue weighted by molar-refractivity contribution is -0.138. The number of halogens is 1. The topological polar surface area (TPSA) is 79.0 Å². The number of amides is 4. The van der Waals surface area contributed by atoms with E-state index in [4.69, 9.17) is 16.3 Å². The molecule has 30 heavy (non-hydrogen) atoms. The van der Waals surface area contributed by atoms with Crippen molar-refractivity contribution in [3.8, 4) is 5.75 Å². The summed E-state index contributed by atoms with van der Waals surface area (Å²) in [6.07, 6.45) is 1.22. The van der Waals surface area contributed by atoms with E-state index in [1.165, 1.54) is 4.90 Å². The van der Waals surface area contributed by atoms with Gasteiger partial charge in [-0.2, -0.15) is 0 Å². The van der Waals surface area contributed by atoms with E-state index in [0.717, 1.165) is 16.0 Å². The highest BCUT2D eigenvalue weighted by Gasteiger charge is 2.55. The monoisotopic (exact) mass is 427 g/mol. The Balaban J connectivity index is 1.36. The smallest absolute Gasteiger partial charge is 0.325 e. The lowest BCUT2D eigenvalue weighted by Crippen LogP contribution is -2.44. The summed E-state index contributed by atoms with van der Waals surface area (Å²) in [5.41, 5.74) is 0.823. The molecule has 1 N–H and O–H groups in total. The normalized spacial score (nSPS) is 19.7. The minimum atomic E-state index is -1.05. The zero-order valence-electron chi connectivity index (χ0n) is 16.6. The molecule has 4 rings (SSSR count). The van der Waals surface area contributed by atoms with Crippen molar-refractivity contribution in [2.24, 2.45) is 0 Å². The van der Waals surface area contributed by atoms with Crippen molar-refractivity contribution < 1.29 is 19.1 Å². The molecule has 1 heterocycles. The van der Waals surface area contributed by atoms with E-state index in [1.54, 1.807) is 31.3 Å². The molecule has 0 aromatic heterocycles. The van der Waals surface area contributed by atoms with Crippen molar-refractivity contribution in [2.45, 2.75) is 18.4 Å². The maximum atomic E-state index is 13.1. The molecule has 156 valence electrons. The molecule has 1 spiro atoms. The number of hydrogen-bond acceptors (Lipinski definition) is 4. The molecule has 2 aromatic carbocycles. The minimum absolute atomic E-state index is 0.279. The molecule has 1 atom stereocenters. The Labute approximate surface area is 179 Å². The van der Waals surface area contributed by atoms with Gasteiger partial charge in [0.05, 0.1) is 6.54 Å². The van der Waals surface area contributed by atoms with E-state index < -0.39 is 11.6 Å². The molecule has 0 saturated carbocycles. The van der Waals surface area contributed by atoms with Gasteiger partial charge in [0.15, 0.2) is 0 Å². The van der Waals surface area contributed by atoms with Crippen molar-refractivity contribution >= 4 is 29.4 Å². The fourth-order valence-electron chi connectivity index (χ4n) is 3.95. The third-order valence-electron chi connectivity index (χ3n) is 5.65. The second-order valence-corrected chi connectivity index (χ2v) is 7.94. The number of benzene rings is 2. The molecule has 1 aliphatic carbocycles. The van der Waals surface area contributed by atoms with Crippen molar-refractivity contribution in [3.05, 3.63) is 64.7 Å². The molecule has 2 aliphatic rings. The first-order chi connectivity index (χ1) is 14.4. The Morgan fingerprint density at radius 1 is 1.20 bits per heavy atom. The van der Waals surface area contributed by atoms with E-state index in [0.29, 0.717) is 30.2 Å². The Hall–Kier alpha value is -3.06. The van der Waals surface area contributed by atoms with Gasteiger partial charge in [0.25, 0.3) is 5.91 Å². The van der Waals surface area contributed by atoms with Crippen molar-refractivity contribution in [1.29, 1.82) is 0 Å². The van der Waals surface area contributed by atoms with Crippen LogP contribution in [0.3, 0.4) is 0 Å². The Morgan fingerprint density at radius 3 is 2.70 bits per heavy atom. The number of rotatable bonds is 6. The number of ether oxygens (including phenoxy) is 1. The van der Waals surface area contributed by atoms with E-state index in [-0.39, 0.29) is 25.0 Å². The zero-order chi connectivity index (χ0) is 21.3. The van der Waals surface area contributed by atoms with Crippen LogP contribution in [-0.2, 0) is 21.5 Å². The molecule has 0 radical (unpaired) electrons. The fourth-order valence-corrected chi connectivity index (χ4v) is 4.07. The van der Waals surface area contributed by atoms with E-state index in [9.17, 15) is 14.4 Å². The predicted molar refractivity (Wildman–Crippen MR) is 111 cm³/mol. The van der Waals surface area contributed by atoms with Gasteiger partial charge in [0.1, 0.15) is 24.4 Å². The SMILES string of the molecule is CN(CCOc1ccc(Cl)cc1)C(=O)CN1C(=O)NC2(CCc3ccccc32)C1=O. The summed E-state index contributed by atoms with van der Waals surface area (Å²) in [7, 11) is 1.62. The molecule has 4 amide bonds. The van der Waals surface area contributed by atoms with Gasteiger partial charge >= 0.3 is 6.03 Å². The maximum absolute atomic E-state index is 13.1. The van der Waals surface area contributed by atoms with Crippen molar-refractivity contribution in [1.82, 2.24) is 15.1 Å². The highest BCUT2D eigenvalue weighted by Crippen LogP contribution is 2.41. The summed E-state index contributed by atoms with van der Waals surface area (Å²) < 4.78 is 5.60. The van der Waals surface area contributed by atoms with Crippen molar-refractivity contribution in [3.63, 3.8) is 0 Å². The minimum Gasteiger partial charge on any atom is -0.492 e. The Bertz CT molecular complexity index is 994. The van der Waals surface area contributed by atoms with Gasteiger partial charge in [0.2, 0.25) is 5.91 Å². The van der Waals surface area contributed by atoms with Gasteiger partial charge in [-0.05, 0) is 48.2 Å². The summed E-state index contributed by atoms with van der Waals surface area (Å²) in [5, 5.41) is 3.45. The first kappa shape index (κ1) is 20.2. The molecule has 0 bridgehead atoms. The molecule has 1 unspecified atom stereocenters. The number of nitrogens with zero attached hydrogens (tertiary/aromatic N) is 2. The quantitative estimate of drug-likeness (QED) is 0.718. The second-order valence-electron chi connectivity index (χ2n) is 7.50. The first-order valence-electron chi connectivity index (χ1n) is 9.75. The van der Waals surface area contributed by atoms with Crippen LogP contribution in [0.1, 0.15) is 17.5 Å². The van der Waals surface area contributed by atoms with Crippen molar-refractivity contribution in [2.75, 3.05) is 26.7 Å². The van der Waals surface area contributed by atoms with Crippen LogP contribution in [-0.4, -0.2) is 54.4 Å². The molecular weight excluding hydrogens is 406 g/mol. The lowest BCUT2D eigenvalue weighted by atomic mass is 9.92. The first-order valence-corrected chi connectivity index (χ1v) is 10.1. The Kier molecular flexibility index (Phi) is 5.39. The highest BCUT2D eigenvalue weighted by atomic mass is 35.5. The number of likely N-dealkylation sites (N-methyl/N-ethyl adjacent to an activating group) is 1. The third-order valence-corrected chi connectivity index (χ3v) is 5.90. The molecule has 8 heteroatoms. The number of imide groups is 1. The summed E-state index contributed by atoms with van der Waals surface area (Å²) in [4.78, 5) is 40.7. The summed E-state index contributed by atoms with van der Waals surface area (Å²) in [5.74, 6) is -0.0469. The number of urea groups is 1. The predicted octanol–water partition coefficient (Wildman–Crippen LogP) is 2.57. The molecule has 1 aliphatic heterocycles. The van der Waals surface area contributed by atoms with Crippen LogP contribution in [0.25, 0.3) is 0 Å². The lowest BCUT2D eigenvalue weighted by Gasteiger charge is -2.23. The van der Waals surface area contributed by atoms with Gasteiger partial charge in [-0.1, -0.05) is 35.9 Å². The summed E-state index contributed by atoms with van der Waals surface area (Å²) in [6.45, 7) is 0.298. The summed E-state index contributed by atoms with van der Waals surface area (Å²) in [6, 6.07) is 14.0. The average Bonchev–Trinajstić information content (AvgIpc) is 3.22. The molecule has 2 aromatic rings. The summed E-state index contributed by atoms with van der Waals surface area (Å²) >= 11 is 5.84.